The van der Waals surface area contributed by atoms with Crippen LogP contribution in [0.4, 0.5) is 0 Å². The molecule has 1 saturated heterocycles. The van der Waals surface area contributed by atoms with Crippen molar-refractivity contribution in [1.82, 2.24) is 0 Å². The number of likely N-dealkylation sites (N-methyl/N-ethyl adjacent to an activating group) is 1. The Hall–Kier alpha value is -0.120. The Morgan fingerprint density at radius 1 is 0.690 bits per heavy atom. The van der Waals surface area contributed by atoms with Gasteiger partial charge in [-0.1, -0.05) is 103 Å². The van der Waals surface area contributed by atoms with Crippen molar-refractivity contribution in [1.29, 1.82) is 0 Å². The number of unbranched alkanes of at least 4 members (excludes halogenated alkanes) is 15. The minimum absolute atomic E-state index is 0.292. The number of aliphatic hydroxyl groups is 1. The molecule has 174 valence electrons. The van der Waals surface area contributed by atoms with Crippen molar-refractivity contribution in [2.24, 2.45) is 0 Å². The van der Waals surface area contributed by atoms with Gasteiger partial charge in [0.2, 0.25) is 0 Å². The molecule has 1 heterocycles. The lowest BCUT2D eigenvalue weighted by atomic mass is 10.0. The minimum Gasteiger partial charge on any atom is -0.385 e. The van der Waals surface area contributed by atoms with Crippen LogP contribution in [-0.4, -0.2) is 55.6 Å². The molecule has 29 heavy (non-hydrogen) atoms. The summed E-state index contributed by atoms with van der Waals surface area (Å²) in [4.78, 5) is 0. The molecule has 0 aliphatic carbocycles. The minimum atomic E-state index is -0.292. The summed E-state index contributed by atoms with van der Waals surface area (Å²) in [5.74, 6) is 0. The van der Waals surface area contributed by atoms with Gasteiger partial charge in [-0.3, -0.25) is 0 Å². The first-order chi connectivity index (χ1) is 14.2. The van der Waals surface area contributed by atoms with E-state index in [2.05, 4.69) is 14.0 Å². The molecule has 1 rings (SSSR count). The third-order valence-electron chi connectivity index (χ3n) is 6.75. The van der Waals surface area contributed by atoms with Crippen LogP contribution in [0.1, 0.15) is 122 Å². The Morgan fingerprint density at radius 2 is 1.10 bits per heavy atom. The van der Waals surface area contributed by atoms with Crippen molar-refractivity contribution in [2.75, 3.05) is 39.9 Å². The third-order valence-corrected chi connectivity index (χ3v) is 6.75. The normalized spacial score (nSPS) is 17.1. The SMILES string of the molecule is CCCCCCCCCCCCCCCCCCOCC(O)C[N+]1(C)CCCC1. The van der Waals surface area contributed by atoms with Crippen molar-refractivity contribution in [3.63, 3.8) is 0 Å². The molecule has 0 bridgehead atoms. The fraction of sp³-hybridized carbons (Fsp3) is 1.00. The van der Waals surface area contributed by atoms with Crippen molar-refractivity contribution in [2.45, 2.75) is 129 Å². The van der Waals surface area contributed by atoms with Gasteiger partial charge in [-0.2, -0.15) is 0 Å². The maximum Gasteiger partial charge on any atom is 0.126 e. The van der Waals surface area contributed by atoms with Gasteiger partial charge in [0.25, 0.3) is 0 Å². The predicted molar refractivity (Wildman–Crippen MR) is 126 cm³/mol. The lowest BCUT2D eigenvalue weighted by Crippen LogP contribution is -2.47. The zero-order chi connectivity index (χ0) is 21.0. The van der Waals surface area contributed by atoms with Gasteiger partial charge in [0.1, 0.15) is 12.6 Å². The Kier molecular flexibility index (Phi) is 17.3. The van der Waals surface area contributed by atoms with E-state index in [-0.39, 0.29) is 6.10 Å². The maximum absolute atomic E-state index is 10.2. The molecule has 0 aromatic heterocycles. The second kappa shape index (κ2) is 18.6. The van der Waals surface area contributed by atoms with Crippen molar-refractivity contribution in [3.8, 4) is 0 Å². The number of likely N-dealkylation sites (tertiary alicyclic amines) is 1. The molecule has 1 fully saturated rings. The zero-order valence-electron chi connectivity index (χ0n) is 20.1. The van der Waals surface area contributed by atoms with E-state index in [9.17, 15) is 5.11 Å². The van der Waals surface area contributed by atoms with Crippen LogP contribution in [0.2, 0.25) is 0 Å². The van der Waals surface area contributed by atoms with Crippen LogP contribution < -0.4 is 0 Å². The average Bonchev–Trinajstić information content (AvgIpc) is 3.12. The Balaban J connectivity index is 1.72. The second-order valence-electron chi connectivity index (χ2n) is 9.99. The highest BCUT2D eigenvalue weighted by atomic mass is 16.5. The van der Waals surface area contributed by atoms with Gasteiger partial charge in [0.05, 0.1) is 26.7 Å². The Labute approximate surface area is 183 Å². The largest absolute Gasteiger partial charge is 0.385 e. The Bertz CT molecular complexity index is 342. The molecular formula is C26H54NO2+. The van der Waals surface area contributed by atoms with E-state index < -0.39 is 0 Å². The van der Waals surface area contributed by atoms with Crippen molar-refractivity contribution in [3.05, 3.63) is 0 Å². The van der Waals surface area contributed by atoms with E-state index in [0.717, 1.165) is 24.1 Å². The number of hydrogen-bond donors (Lipinski definition) is 1. The highest BCUT2D eigenvalue weighted by molar-refractivity contribution is 4.58. The standard InChI is InChI=1S/C26H54NO2/c1-3-4-5-6-7-8-9-10-11-12-13-14-15-16-17-20-23-29-25-26(28)24-27(2)21-18-19-22-27/h26,28H,3-25H2,1-2H3/q+1. The van der Waals surface area contributed by atoms with Gasteiger partial charge in [0, 0.05) is 19.4 Å². The molecule has 0 spiro atoms. The van der Waals surface area contributed by atoms with Crippen LogP contribution in [0.15, 0.2) is 0 Å². The second-order valence-corrected chi connectivity index (χ2v) is 9.99. The van der Waals surface area contributed by atoms with Crippen LogP contribution in [0.25, 0.3) is 0 Å². The third kappa shape index (κ3) is 16.3. The lowest BCUT2D eigenvalue weighted by molar-refractivity contribution is -0.900. The lowest BCUT2D eigenvalue weighted by Gasteiger charge is -2.31. The summed E-state index contributed by atoms with van der Waals surface area (Å²) in [6.07, 6.45) is 24.7. The first kappa shape index (κ1) is 26.9. The number of nitrogens with zero attached hydrogens (tertiary/aromatic N) is 1. The fourth-order valence-electron chi connectivity index (χ4n) is 4.81. The van der Waals surface area contributed by atoms with Gasteiger partial charge in [-0.05, 0) is 6.42 Å². The quantitative estimate of drug-likeness (QED) is 0.165. The molecule has 0 saturated carbocycles. The molecule has 0 amide bonds. The maximum atomic E-state index is 10.2. The van der Waals surface area contributed by atoms with Crippen molar-refractivity contribution < 1.29 is 14.3 Å². The molecule has 1 N–H and O–H groups in total. The molecule has 1 unspecified atom stereocenters. The monoisotopic (exact) mass is 412 g/mol. The summed E-state index contributed by atoms with van der Waals surface area (Å²) in [5.41, 5.74) is 0. The molecular weight excluding hydrogens is 358 g/mol. The molecule has 0 radical (unpaired) electrons. The van der Waals surface area contributed by atoms with Gasteiger partial charge in [-0.15, -0.1) is 0 Å². The van der Waals surface area contributed by atoms with Gasteiger partial charge in [-0.25, -0.2) is 0 Å². The fourth-order valence-corrected chi connectivity index (χ4v) is 4.81. The number of quaternary nitrogens is 1. The predicted octanol–water partition coefficient (Wildman–Crippen LogP) is 6.87. The van der Waals surface area contributed by atoms with Crippen LogP contribution in [0.5, 0.6) is 0 Å². The van der Waals surface area contributed by atoms with Gasteiger partial charge in [0.15, 0.2) is 0 Å². The number of ether oxygens (including phenoxy) is 1. The van der Waals surface area contributed by atoms with E-state index in [1.807, 2.05) is 0 Å². The molecule has 0 aromatic carbocycles. The summed E-state index contributed by atoms with van der Waals surface area (Å²) in [5, 5.41) is 10.2. The zero-order valence-corrected chi connectivity index (χ0v) is 20.1. The molecule has 1 aliphatic rings. The van der Waals surface area contributed by atoms with E-state index >= 15 is 0 Å². The summed E-state index contributed by atoms with van der Waals surface area (Å²) in [7, 11) is 2.27. The first-order valence-corrected chi connectivity index (χ1v) is 13.3. The molecule has 3 nitrogen and oxygen atoms in total. The number of rotatable bonds is 21. The molecule has 1 atom stereocenters. The van der Waals surface area contributed by atoms with E-state index in [1.165, 1.54) is 122 Å². The number of aliphatic hydroxyl groups excluding tert-OH is 1. The first-order valence-electron chi connectivity index (χ1n) is 13.3. The number of hydrogen-bond acceptors (Lipinski definition) is 2. The molecule has 0 aromatic rings. The highest BCUT2D eigenvalue weighted by Gasteiger charge is 2.29. The van der Waals surface area contributed by atoms with Crippen LogP contribution in [-0.2, 0) is 4.74 Å². The van der Waals surface area contributed by atoms with Crippen LogP contribution in [0, 0.1) is 0 Å². The van der Waals surface area contributed by atoms with E-state index in [0.29, 0.717) is 6.61 Å². The van der Waals surface area contributed by atoms with Crippen molar-refractivity contribution >= 4 is 0 Å². The summed E-state index contributed by atoms with van der Waals surface area (Å²) in [6.45, 7) is 6.93. The van der Waals surface area contributed by atoms with E-state index in [1.54, 1.807) is 0 Å². The summed E-state index contributed by atoms with van der Waals surface area (Å²) >= 11 is 0. The highest BCUT2D eigenvalue weighted by Crippen LogP contribution is 2.17. The summed E-state index contributed by atoms with van der Waals surface area (Å²) in [6, 6.07) is 0. The van der Waals surface area contributed by atoms with E-state index in [4.69, 9.17) is 4.74 Å². The van der Waals surface area contributed by atoms with Gasteiger partial charge >= 0.3 is 0 Å². The Morgan fingerprint density at radius 3 is 1.55 bits per heavy atom. The molecule has 3 heteroatoms. The smallest absolute Gasteiger partial charge is 0.126 e. The topological polar surface area (TPSA) is 29.5 Å². The summed E-state index contributed by atoms with van der Waals surface area (Å²) < 4.78 is 6.74. The van der Waals surface area contributed by atoms with Gasteiger partial charge < -0.3 is 14.3 Å². The molecule has 1 aliphatic heterocycles. The van der Waals surface area contributed by atoms with Crippen LogP contribution in [0.3, 0.4) is 0 Å². The average molecular weight is 413 g/mol. The van der Waals surface area contributed by atoms with Crippen LogP contribution >= 0.6 is 0 Å².